The van der Waals surface area contributed by atoms with Gasteiger partial charge in [-0.3, -0.25) is 4.98 Å². The summed E-state index contributed by atoms with van der Waals surface area (Å²) in [4.78, 5) is 12.8. The molecule has 0 bridgehead atoms. The normalized spacial score (nSPS) is 12.8. The maximum Gasteiger partial charge on any atom is 0.178 e. The van der Waals surface area contributed by atoms with E-state index in [9.17, 15) is 0 Å². The number of fused-ring (bicyclic) bond motifs is 1. The smallest absolute Gasteiger partial charge is 0.178 e. The Balaban J connectivity index is 2.12. The second-order valence-electron chi connectivity index (χ2n) is 3.92. The van der Waals surface area contributed by atoms with Gasteiger partial charge in [0.25, 0.3) is 0 Å². The molecule has 0 N–H and O–H groups in total. The number of nitrogens with zero attached hydrogens (tertiary/aromatic N) is 5. The molecule has 5 nitrogen and oxygen atoms in total. The molecular weight excluding hydrogens is 250 g/mol. The predicted octanol–water partition coefficient (Wildman–Crippen LogP) is 2.48. The number of aromatic nitrogens is 5. The zero-order valence-electron chi connectivity index (χ0n) is 9.66. The fourth-order valence-corrected chi connectivity index (χ4v) is 1.96. The maximum absolute atomic E-state index is 5.87. The first-order valence-corrected chi connectivity index (χ1v) is 5.90. The van der Waals surface area contributed by atoms with Crippen LogP contribution < -0.4 is 0 Å². The number of hydrogen-bond donors (Lipinski definition) is 0. The fraction of sp³-hybridized carbons (Fsp3) is 0.167. The lowest BCUT2D eigenvalue weighted by Gasteiger charge is -2.11. The summed E-state index contributed by atoms with van der Waals surface area (Å²) >= 11 is 5.87. The second-order valence-corrected chi connectivity index (χ2v) is 4.31. The van der Waals surface area contributed by atoms with Gasteiger partial charge < -0.3 is 0 Å². The van der Waals surface area contributed by atoms with Gasteiger partial charge >= 0.3 is 0 Å². The predicted molar refractivity (Wildman–Crippen MR) is 68.4 cm³/mol. The molecule has 0 saturated heterocycles. The van der Waals surface area contributed by atoms with E-state index in [-0.39, 0.29) is 6.04 Å². The Labute approximate surface area is 108 Å². The van der Waals surface area contributed by atoms with Crippen LogP contribution in [0.2, 0.25) is 5.15 Å². The van der Waals surface area contributed by atoms with Crippen molar-refractivity contribution < 1.29 is 0 Å². The molecule has 0 aliphatic rings. The number of halogens is 1. The van der Waals surface area contributed by atoms with Crippen molar-refractivity contribution in [2.45, 2.75) is 13.0 Å². The fourth-order valence-electron chi connectivity index (χ4n) is 1.83. The first-order valence-electron chi connectivity index (χ1n) is 5.52. The van der Waals surface area contributed by atoms with Crippen LogP contribution in [0.15, 0.2) is 36.8 Å². The second kappa shape index (κ2) is 4.34. The van der Waals surface area contributed by atoms with Crippen LogP contribution in [0, 0.1) is 0 Å². The van der Waals surface area contributed by atoms with Crippen molar-refractivity contribution in [3.8, 4) is 0 Å². The Morgan fingerprint density at radius 2 is 2.11 bits per heavy atom. The highest BCUT2D eigenvalue weighted by atomic mass is 35.5. The molecule has 0 aliphatic heterocycles. The Morgan fingerprint density at radius 1 is 1.22 bits per heavy atom. The van der Waals surface area contributed by atoms with Crippen LogP contribution in [0.3, 0.4) is 0 Å². The van der Waals surface area contributed by atoms with Crippen LogP contribution in [0.5, 0.6) is 0 Å². The molecule has 1 atom stereocenters. The molecule has 3 aromatic rings. The van der Waals surface area contributed by atoms with E-state index in [1.807, 2.05) is 25.1 Å². The van der Waals surface area contributed by atoms with E-state index in [1.165, 1.54) is 6.20 Å². The molecule has 3 heterocycles. The van der Waals surface area contributed by atoms with Crippen molar-refractivity contribution in [3.05, 3.63) is 47.6 Å². The third-order valence-electron chi connectivity index (χ3n) is 2.76. The van der Waals surface area contributed by atoms with Crippen LogP contribution >= 0.6 is 11.6 Å². The minimum atomic E-state index is -0.0172. The van der Waals surface area contributed by atoms with Gasteiger partial charge in [-0.05, 0) is 19.1 Å². The zero-order chi connectivity index (χ0) is 12.5. The highest BCUT2D eigenvalue weighted by Gasteiger charge is 2.14. The molecular formula is C12H10ClN5. The van der Waals surface area contributed by atoms with E-state index in [0.29, 0.717) is 10.8 Å². The summed E-state index contributed by atoms with van der Waals surface area (Å²) < 4.78 is 1.77. The number of hydrogen-bond acceptors (Lipinski definition) is 4. The third-order valence-corrected chi connectivity index (χ3v) is 2.94. The van der Waals surface area contributed by atoms with Gasteiger partial charge in [-0.2, -0.15) is 5.10 Å². The molecule has 0 radical (unpaired) electrons. The molecule has 0 fully saturated rings. The van der Waals surface area contributed by atoms with Crippen molar-refractivity contribution in [2.24, 2.45) is 0 Å². The summed E-state index contributed by atoms with van der Waals surface area (Å²) in [5.41, 5.74) is 2.31. The van der Waals surface area contributed by atoms with Crippen molar-refractivity contribution in [2.75, 3.05) is 0 Å². The Hall–Kier alpha value is -2.01. The Kier molecular flexibility index (Phi) is 2.68. The largest absolute Gasteiger partial charge is 0.259 e. The molecule has 0 unspecified atom stereocenters. The van der Waals surface area contributed by atoms with Crippen molar-refractivity contribution in [1.29, 1.82) is 0 Å². The molecule has 6 heteroatoms. The van der Waals surface area contributed by atoms with Crippen LogP contribution in [0.1, 0.15) is 18.7 Å². The van der Waals surface area contributed by atoms with Gasteiger partial charge in [0, 0.05) is 6.20 Å². The maximum atomic E-state index is 5.87. The molecule has 3 rings (SSSR count). The SMILES string of the molecule is C[C@@H](c1ccccn1)n1ncc2ncc(Cl)nc21. The number of pyridine rings is 1. The lowest BCUT2D eigenvalue weighted by atomic mass is 10.2. The minimum Gasteiger partial charge on any atom is -0.259 e. The van der Waals surface area contributed by atoms with Gasteiger partial charge in [0.15, 0.2) is 5.65 Å². The molecule has 3 aromatic heterocycles. The summed E-state index contributed by atoms with van der Waals surface area (Å²) in [5.74, 6) is 0. The third kappa shape index (κ3) is 1.82. The standard InChI is InChI=1S/C12H10ClN5/c1-8(9-4-2-3-5-14-9)18-12-10(6-16-18)15-7-11(13)17-12/h2-8H,1H3/t8-/m0/s1. The van der Waals surface area contributed by atoms with E-state index in [2.05, 4.69) is 20.1 Å². The topological polar surface area (TPSA) is 56.5 Å². The molecule has 0 aliphatic carbocycles. The average molecular weight is 260 g/mol. The molecule has 0 amide bonds. The molecule has 90 valence electrons. The highest BCUT2D eigenvalue weighted by Crippen LogP contribution is 2.20. The average Bonchev–Trinajstić information content (AvgIpc) is 2.82. The summed E-state index contributed by atoms with van der Waals surface area (Å²) in [6.07, 6.45) is 4.95. The lowest BCUT2D eigenvalue weighted by Crippen LogP contribution is -2.10. The van der Waals surface area contributed by atoms with E-state index in [0.717, 1.165) is 11.2 Å². The van der Waals surface area contributed by atoms with Crippen molar-refractivity contribution in [1.82, 2.24) is 24.7 Å². The van der Waals surface area contributed by atoms with Crippen molar-refractivity contribution >= 4 is 22.8 Å². The molecule has 18 heavy (non-hydrogen) atoms. The van der Waals surface area contributed by atoms with Crippen LogP contribution in [0.4, 0.5) is 0 Å². The first-order chi connectivity index (χ1) is 8.75. The van der Waals surface area contributed by atoms with Crippen molar-refractivity contribution in [3.63, 3.8) is 0 Å². The quantitative estimate of drug-likeness (QED) is 0.709. The summed E-state index contributed by atoms with van der Waals surface area (Å²) in [5, 5.41) is 4.66. The van der Waals surface area contributed by atoms with E-state index < -0.39 is 0 Å². The summed E-state index contributed by atoms with van der Waals surface area (Å²) in [7, 11) is 0. The van der Waals surface area contributed by atoms with Gasteiger partial charge in [0.05, 0.1) is 24.1 Å². The minimum absolute atomic E-state index is 0.0172. The van der Waals surface area contributed by atoms with E-state index in [1.54, 1.807) is 17.1 Å². The highest BCUT2D eigenvalue weighted by molar-refractivity contribution is 6.29. The Bertz CT molecular complexity index is 679. The summed E-state index contributed by atoms with van der Waals surface area (Å²) in [6.45, 7) is 2.01. The molecule has 0 spiro atoms. The van der Waals surface area contributed by atoms with Gasteiger partial charge in [-0.15, -0.1) is 0 Å². The monoisotopic (exact) mass is 259 g/mol. The lowest BCUT2D eigenvalue weighted by molar-refractivity contribution is 0.565. The van der Waals surface area contributed by atoms with Gasteiger partial charge in [0.2, 0.25) is 0 Å². The van der Waals surface area contributed by atoms with E-state index in [4.69, 9.17) is 11.6 Å². The van der Waals surface area contributed by atoms with Gasteiger partial charge in [0.1, 0.15) is 10.7 Å². The number of rotatable bonds is 2. The molecule has 0 aromatic carbocycles. The van der Waals surface area contributed by atoms with Gasteiger partial charge in [-0.25, -0.2) is 14.6 Å². The van der Waals surface area contributed by atoms with E-state index >= 15 is 0 Å². The molecule has 0 saturated carbocycles. The zero-order valence-corrected chi connectivity index (χ0v) is 10.4. The van der Waals surface area contributed by atoms with Crippen LogP contribution in [-0.2, 0) is 0 Å². The van der Waals surface area contributed by atoms with Gasteiger partial charge in [-0.1, -0.05) is 17.7 Å². The summed E-state index contributed by atoms with van der Waals surface area (Å²) in [6, 6.07) is 5.77. The Morgan fingerprint density at radius 3 is 2.89 bits per heavy atom. The first kappa shape index (κ1) is 11.1. The van der Waals surface area contributed by atoms with Crippen LogP contribution in [0.25, 0.3) is 11.2 Å². The van der Waals surface area contributed by atoms with Crippen LogP contribution in [-0.4, -0.2) is 24.7 Å².